The van der Waals surface area contributed by atoms with Gasteiger partial charge in [-0.1, -0.05) is 30.3 Å². The monoisotopic (exact) mass is 294 g/mol. The highest BCUT2D eigenvalue weighted by molar-refractivity contribution is 7.91. The summed E-state index contributed by atoms with van der Waals surface area (Å²) in [5.41, 5.74) is 1.41. The van der Waals surface area contributed by atoms with Crippen LogP contribution in [0.5, 0.6) is 0 Å². The van der Waals surface area contributed by atoms with Gasteiger partial charge in [-0.2, -0.15) is 0 Å². The van der Waals surface area contributed by atoms with Gasteiger partial charge in [-0.3, -0.25) is 0 Å². The van der Waals surface area contributed by atoms with E-state index >= 15 is 0 Å². The van der Waals surface area contributed by atoms with Crippen molar-refractivity contribution in [2.75, 3.05) is 24.6 Å². The normalized spacial score (nSPS) is 31.9. The maximum atomic E-state index is 11.5. The molecule has 4 nitrogen and oxygen atoms in total. The Morgan fingerprint density at radius 2 is 2.05 bits per heavy atom. The van der Waals surface area contributed by atoms with Crippen molar-refractivity contribution in [2.24, 2.45) is 0 Å². The van der Waals surface area contributed by atoms with Gasteiger partial charge in [0, 0.05) is 24.5 Å². The van der Waals surface area contributed by atoms with E-state index in [2.05, 4.69) is 34.9 Å². The third-order valence-corrected chi connectivity index (χ3v) is 5.96. The molecule has 20 heavy (non-hydrogen) atoms. The average Bonchev–Trinajstić information content (AvgIpc) is 3.18. The Labute approximate surface area is 120 Å². The van der Waals surface area contributed by atoms with Crippen molar-refractivity contribution in [1.29, 1.82) is 0 Å². The van der Waals surface area contributed by atoms with Crippen molar-refractivity contribution in [2.45, 2.75) is 30.8 Å². The molecule has 110 valence electrons. The molecule has 0 amide bonds. The summed E-state index contributed by atoms with van der Waals surface area (Å²) in [4.78, 5) is 0. The summed E-state index contributed by atoms with van der Waals surface area (Å²) in [6.45, 7) is 1.49. The molecule has 5 heteroatoms. The van der Waals surface area contributed by atoms with E-state index in [1.807, 2.05) is 6.07 Å². The van der Waals surface area contributed by atoms with Crippen LogP contribution in [-0.2, 0) is 9.84 Å². The number of hydrogen-bond donors (Lipinski definition) is 2. The molecule has 2 aliphatic rings. The zero-order valence-electron chi connectivity index (χ0n) is 11.6. The lowest BCUT2D eigenvalue weighted by Gasteiger charge is -2.23. The summed E-state index contributed by atoms with van der Waals surface area (Å²) in [6, 6.07) is 11.3. The molecule has 1 aromatic carbocycles. The second-order valence-corrected chi connectivity index (χ2v) is 8.10. The van der Waals surface area contributed by atoms with Gasteiger partial charge in [0.25, 0.3) is 0 Å². The van der Waals surface area contributed by atoms with Crippen molar-refractivity contribution >= 4 is 9.84 Å². The molecule has 3 atom stereocenters. The van der Waals surface area contributed by atoms with Crippen LogP contribution in [0.15, 0.2) is 30.3 Å². The van der Waals surface area contributed by atoms with Gasteiger partial charge in [0.05, 0.1) is 11.5 Å². The summed E-state index contributed by atoms with van der Waals surface area (Å²) in [7, 11) is -2.81. The summed E-state index contributed by atoms with van der Waals surface area (Å²) in [6.07, 6.45) is 2.08. The van der Waals surface area contributed by atoms with Crippen LogP contribution in [0.25, 0.3) is 0 Å². The van der Waals surface area contributed by atoms with E-state index in [0.717, 1.165) is 13.0 Å². The van der Waals surface area contributed by atoms with E-state index in [1.54, 1.807) is 0 Å². The molecule has 0 spiro atoms. The van der Waals surface area contributed by atoms with Crippen LogP contribution in [-0.4, -0.2) is 45.1 Å². The van der Waals surface area contributed by atoms with Gasteiger partial charge in [0.2, 0.25) is 0 Å². The van der Waals surface area contributed by atoms with Gasteiger partial charge in [-0.15, -0.1) is 0 Å². The van der Waals surface area contributed by atoms with Crippen LogP contribution in [0.4, 0.5) is 0 Å². The molecule has 3 unspecified atom stereocenters. The fourth-order valence-electron chi connectivity index (χ4n) is 2.98. The predicted octanol–water partition coefficient (Wildman–Crippen LogP) is 0.909. The molecule has 1 heterocycles. The highest BCUT2D eigenvalue weighted by Crippen LogP contribution is 2.40. The van der Waals surface area contributed by atoms with E-state index in [9.17, 15) is 8.42 Å². The van der Waals surface area contributed by atoms with Crippen LogP contribution in [0.3, 0.4) is 0 Å². The molecule has 1 aliphatic heterocycles. The summed E-state index contributed by atoms with van der Waals surface area (Å²) >= 11 is 0. The first-order valence-electron chi connectivity index (χ1n) is 7.36. The van der Waals surface area contributed by atoms with Crippen LogP contribution in [0.2, 0.25) is 0 Å². The molecule has 0 aromatic heterocycles. The molecule has 2 fully saturated rings. The molecular weight excluding hydrogens is 272 g/mol. The predicted molar refractivity (Wildman–Crippen MR) is 80.7 cm³/mol. The number of benzene rings is 1. The second-order valence-electron chi connectivity index (χ2n) is 5.87. The Hall–Kier alpha value is -0.910. The molecule has 1 saturated carbocycles. The SMILES string of the molecule is O=S1(=O)CCNC(CCNC2CC2c2ccccc2)C1. The quantitative estimate of drug-likeness (QED) is 0.847. The van der Waals surface area contributed by atoms with E-state index < -0.39 is 9.84 Å². The fourth-order valence-corrected chi connectivity index (χ4v) is 4.48. The maximum Gasteiger partial charge on any atom is 0.153 e. The zero-order chi connectivity index (χ0) is 14.0. The first-order valence-corrected chi connectivity index (χ1v) is 9.18. The van der Waals surface area contributed by atoms with Gasteiger partial charge < -0.3 is 10.6 Å². The van der Waals surface area contributed by atoms with E-state index in [1.165, 1.54) is 12.0 Å². The molecule has 3 rings (SSSR count). The van der Waals surface area contributed by atoms with Gasteiger partial charge in [-0.25, -0.2) is 8.42 Å². The Balaban J connectivity index is 1.39. The topological polar surface area (TPSA) is 58.2 Å². The lowest BCUT2D eigenvalue weighted by molar-refractivity contribution is 0.477. The summed E-state index contributed by atoms with van der Waals surface area (Å²) in [5, 5.41) is 6.84. The minimum Gasteiger partial charge on any atom is -0.313 e. The van der Waals surface area contributed by atoms with Gasteiger partial charge in [-0.05, 0) is 24.9 Å². The molecule has 1 saturated heterocycles. The third-order valence-electron chi connectivity index (χ3n) is 4.22. The van der Waals surface area contributed by atoms with Crippen LogP contribution >= 0.6 is 0 Å². The van der Waals surface area contributed by atoms with E-state index in [0.29, 0.717) is 24.3 Å². The van der Waals surface area contributed by atoms with Gasteiger partial charge in [0.1, 0.15) is 0 Å². The lowest BCUT2D eigenvalue weighted by Crippen LogP contribution is -2.46. The Morgan fingerprint density at radius 1 is 1.25 bits per heavy atom. The Bertz CT molecular complexity index is 544. The Kier molecular flexibility index (Phi) is 4.10. The first-order chi connectivity index (χ1) is 9.64. The molecule has 1 aliphatic carbocycles. The van der Waals surface area contributed by atoms with Crippen LogP contribution < -0.4 is 10.6 Å². The van der Waals surface area contributed by atoms with E-state index in [-0.39, 0.29) is 11.8 Å². The highest BCUT2D eigenvalue weighted by atomic mass is 32.2. The van der Waals surface area contributed by atoms with Crippen molar-refractivity contribution in [3.8, 4) is 0 Å². The second kappa shape index (κ2) is 5.84. The van der Waals surface area contributed by atoms with Crippen molar-refractivity contribution in [1.82, 2.24) is 10.6 Å². The summed E-state index contributed by atoms with van der Waals surface area (Å²) in [5.74, 6) is 1.22. The largest absolute Gasteiger partial charge is 0.313 e. The smallest absolute Gasteiger partial charge is 0.153 e. The van der Waals surface area contributed by atoms with Crippen molar-refractivity contribution in [3.05, 3.63) is 35.9 Å². The van der Waals surface area contributed by atoms with Crippen molar-refractivity contribution < 1.29 is 8.42 Å². The molecule has 0 radical (unpaired) electrons. The van der Waals surface area contributed by atoms with E-state index in [4.69, 9.17) is 0 Å². The molecule has 1 aromatic rings. The average molecular weight is 294 g/mol. The highest BCUT2D eigenvalue weighted by Gasteiger charge is 2.37. The number of nitrogens with one attached hydrogen (secondary N) is 2. The van der Waals surface area contributed by atoms with Crippen LogP contribution in [0.1, 0.15) is 24.3 Å². The van der Waals surface area contributed by atoms with Crippen molar-refractivity contribution in [3.63, 3.8) is 0 Å². The standard InChI is InChI=1S/C15H22N2O2S/c18-20(19)9-8-16-13(11-20)6-7-17-15-10-14(15)12-4-2-1-3-5-12/h1-5,13-17H,6-11H2. The van der Waals surface area contributed by atoms with Gasteiger partial charge in [0.15, 0.2) is 9.84 Å². The maximum absolute atomic E-state index is 11.5. The van der Waals surface area contributed by atoms with Crippen LogP contribution in [0, 0.1) is 0 Å². The lowest BCUT2D eigenvalue weighted by atomic mass is 10.1. The third kappa shape index (κ3) is 3.59. The zero-order valence-corrected chi connectivity index (χ0v) is 12.4. The molecule has 2 N–H and O–H groups in total. The Morgan fingerprint density at radius 3 is 2.80 bits per heavy atom. The fraction of sp³-hybridized carbons (Fsp3) is 0.600. The van der Waals surface area contributed by atoms with Gasteiger partial charge >= 0.3 is 0 Å². The number of hydrogen-bond acceptors (Lipinski definition) is 4. The first kappa shape index (κ1) is 14.0. The number of rotatable bonds is 5. The minimum absolute atomic E-state index is 0.121. The molecule has 0 bridgehead atoms. The summed E-state index contributed by atoms with van der Waals surface area (Å²) < 4.78 is 23.1. The minimum atomic E-state index is -2.81. The molecular formula is C15H22N2O2S. The number of sulfone groups is 1.